The van der Waals surface area contributed by atoms with Crippen LogP contribution in [-0.4, -0.2) is 44.0 Å². The number of anilines is 2. The molecule has 0 aliphatic carbocycles. The first kappa shape index (κ1) is 11.8. The second-order valence-corrected chi connectivity index (χ2v) is 4.28. The predicted molar refractivity (Wildman–Crippen MR) is 68.8 cm³/mol. The number of rotatable bonds is 4. The minimum atomic E-state index is 0.162. The second kappa shape index (κ2) is 5.19. The van der Waals surface area contributed by atoms with Gasteiger partial charge in [-0.3, -0.25) is 0 Å². The molecule has 0 aromatic carbocycles. The van der Waals surface area contributed by atoms with Gasteiger partial charge in [-0.25, -0.2) is 4.68 Å². The standard InChI is InChI=1S/C11H15N7O/c12-9-15-10(13-7-8-3-1-6-19-8)17-11(16-9)18-5-2-4-14-18/h2,4-5,8H,1,3,6-7H2,(H3,12,13,15,16,17). The molecule has 2 aromatic rings. The van der Waals surface area contributed by atoms with Crippen LogP contribution in [0.2, 0.25) is 0 Å². The van der Waals surface area contributed by atoms with E-state index in [9.17, 15) is 0 Å². The zero-order valence-electron chi connectivity index (χ0n) is 10.4. The number of nitrogens with zero attached hydrogens (tertiary/aromatic N) is 5. The van der Waals surface area contributed by atoms with Crippen molar-refractivity contribution in [1.82, 2.24) is 24.7 Å². The number of nitrogens with two attached hydrogens (primary N) is 1. The Balaban J connectivity index is 1.74. The van der Waals surface area contributed by atoms with Crippen LogP contribution in [0.3, 0.4) is 0 Å². The average molecular weight is 261 g/mol. The van der Waals surface area contributed by atoms with E-state index in [4.69, 9.17) is 10.5 Å². The van der Waals surface area contributed by atoms with Crippen LogP contribution in [0.15, 0.2) is 18.5 Å². The van der Waals surface area contributed by atoms with Crippen molar-refractivity contribution in [2.45, 2.75) is 18.9 Å². The van der Waals surface area contributed by atoms with Crippen LogP contribution in [0, 0.1) is 0 Å². The zero-order valence-corrected chi connectivity index (χ0v) is 10.4. The average Bonchev–Trinajstić information content (AvgIpc) is 3.09. The van der Waals surface area contributed by atoms with E-state index in [0.717, 1.165) is 19.4 Å². The van der Waals surface area contributed by atoms with E-state index in [-0.39, 0.29) is 12.1 Å². The van der Waals surface area contributed by atoms with E-state index in [2.05, 4.69) is 25.4 Å². The van der Waals surface area contributed by atoms with Gasteiger partial charge in [0.05, 0.1) is 6.10 Å². The first-order chi connectivity index (χ1) is 9.31. The van der Waals surface area contributed by atoms with Crippen molar-refractivity contribution in [3.63, 3.8) is 0 Å². The summed E-state index contributed by atoms with van der Waals surface area (Å²) in [7, 11) is 0. The molecular formula is C11H15N7O. The summed E-state index contributed by atoms with van der Waals surface area (Å²) >= 11 is 0. The van der Waals surface area contributed by atoms with Crippen molar-refractivity contribution in [3.8, 4) is 5.95 Å². The van der Waals surface area contributed by atoms with Gasteiger partial charge in [0, 0.05) is 25.5 Å². The smallest absolute Gasteiger partial charge is 0.257 e. The van der Waals surface area contributed by atoms with E-state index in [0.29, 0.717) is 18.4 Å². The molecule has 3 heterocycles. The van der Waals surface area contributed by atoms with Crippen molar-refractivity contribution in [2.75, 3.05) is 24.2 Å². The SMILES string of the molecule is Nc1nc(NCC2CCCO2)nc(-n2cccn2)n1. The van der Waals surface area contributed by atoms with Gasteiger partial charge in [0.25, 0.3) is 5.95 Å². The Morgan fingerprint density at radius 3 is 3.11 bits per heavy atom. The second-order valence-electron chi connectivity index (χ2n) is 4.28. The zero-order chi connectivity index (χ0) is 13.1. The minimum absolute atomic E-state index is 0.162. The Labute approximate surface area is 110 Å². The lowest BCUT2D eigenvalue weighted by atomic mass is 10.2. The van der Waals surface area contributed by atoms with Gasteiger partial charge in [0.15, 0.2) is 0 Å². The van der Waals surface area contributed by atoms with Crippen molar-refractivity contribution in [1.29, 1.82) is 0 Å². The van der Waals surface area contributed by atoms with Crippen LogP contribution in [-0.2, 0) is 4.74 Å². The molecule has 0 radical (unpaired) electrons. The molecular weight excluding hydrogens is 246 g/mol. The predicted octanol–water partition coefficient (Wildman–Crippen LogP) is 0.230. The highest BCUT2D eigenvalue weighted by Crippen LogP contribution is 2.13. The van der Waals surface area contributed by atoms with Gasteiger partial charge in [-0.2, -0.15) is 20.1 Å². The Morgan fingerprint density at radius 2 is 2.37 bits per heavy atom. The van der Waals surface area contributed by atoms with Crippen LogP contribution in [0.5, 0.6) is 0 Å². The van der Waals surface area contributed by atoms with E-state index < -0.39 is 0 Å². The van der Waals surface area contributed by atoms with Crippen molar-refractivity contribution in [3.05, 3.63) is 18.5 Å². The summed E-state index contributed by atoms with van der Waals surface area (Å²) in [6.45, 7) is 1.49. The van der Waals surface area contributed by atoms with Gasteiger partial charge >= 0.3 is 0 Å². The number of nitrogens with one attached hydrogen (secondary N) is 1. The summed E-state index contributed by atoms with van der Waals surface area (Å²) in [5, 5.41) is 7.18. The van der Waals surface area contributed by atoms with Gasteiger partial charge in [-0.15, -0.1) is 0 Å². The molecule has 1 unspecified atom stereocenters. The van der Waals surface area contributed by atoms with Crippen molar-refractivity contribution in [2.24, 2.45) is 0 Å². The Morgan fingerprint density at radius 1 is 1.42 bits per heavy atom. The molecule has 8 nitrogen and oxygen atoms in total. The summed E-state index contributed by atoms with van der Waals surface area (Å²) in [4.78, 5) is 12.4. The molecule has 3 N–H and O–H groups in total. The molecule has 1 aliphatic heterocycles. The van der Waals surface area contributed by atoms with Gasteiger partial charge in [0.1, 0.15) is 0 Å². The highest BCUT2D eigenvalue weighted by atomic mass is 16.5. The highest BCUT2D eigenvalue weighted by molar-refractivity contribution is 5.34. The number of nitrogen functional groups attached to an aromatic ring is 1. The molecule has 1 aliphatic rings. The van der Waals surface area contributed by atoms with E-state index in [1.165, 1.54) is 4.68 Å². The van der Waals surface area contributed by atoms with Crippen LogP contribution in [0.4, 0.5) is 11.9 Å². The number of hydrogen-bond acceptors (Lipinski definition) is 7. The lowest BCUT2D eigenvalue weighted by Gasteiger charge is -2.11. The highest BCUT2D eigenvalue weighted by Gasteiger charge is 2.16. The Kier molecular flexibility index (Phi) is 3.23. The van der Waals surface area contributed by atoms with E-state index in [1.807, 2.05) is 0 Å². The maximum Gasteiger partial charge on any atom is 0.257 e. The number of aromatic nitrogens is 5. The molecule has 1 atom stereocenters. The molecule has 2 aromatic heterocycles. The minimum Gasteiger partial charge on any atom is -0.376 e. The fraction of sp³-hybridized carbons (Fsp3) is 0.455. The first-order valence-corrected chi connectivity index (χ1v) is 6.18. The third-order valence-corrected chi connectivity index (χ3v) is 2.86. The summed E-state index contributed by atoms with van der Waals surface area (Å²) in [6, 6.07) is 1.79. The summed E-state index contributed by atoms with van der Waals surface area (Å²) in [5.74, 6) is 0.996. The fourth-order valence-corrected chi connectivity index (χ4v) is 1.96. The number of hydrogen-bond donors (Lipinski definition) is 2. The van der Waals surface area contributed by atoms with Gasteiger partial charge < -0.3 is 15.8 Å². The molecule has 8 heteroatoms. The molecule has 3 rings (SSSR count). The summed E-state index contributed by atoms with van der Waals surface area (Å²) in [6.07, 6.45) is 5.77. The first-order valence-electron chi connectivity index (χ1n) is 6.18. The topological polar surface area (TPSA) is 104 Å². The summed E-state index contributed by atoms with van der Waals surface area (Å²) < 4.78 is 7.06. The maximum absolute atomic E-state index is 5.67. The fourth-order valence-electron chi connectivity index (χ4n) is 1.96. The monoisotopic (exact) mass is 261 g/mol. The van der Waals surface area contributed by atoms with Crippen LogP contribution in [0.25, 0.3) is 5.95 Å². The Bertz CT molecular complexity index is 536. The molecule has 0 saturated carbocycles. The lowest BCUT2D eigenvalue weighted by molar-refractivity contribution is 0.120. The normalized spacial score (nSPS) is 18.6. The molecule has 1 saturated heterocycles. The third-order valence-electron chi connectivity index (χ3n) is 2.86. The van der Waals surface area contributed by atoms with Gasteiger partial charge in [-0.1, -0.05) is 0 Å². The third kappa shape index (κ3) is 2.79. The maximum atomic E-state index is 5.67. The molecule has 0 amide bonds. The summed E-state index contributed by atoms with van der Waals surface area (Å²) in [5.41, 5.74) is 5.67. The lowest BCUT2D eigenvalue weighted by Crippen LogP contribution is -2.20. The molecule has 19 heavy (non-hydrogen) atoms. The van der Waals surface area contributed by atoms with Gasteiger partial charge in [0.2, 0.25) is 11.9 Å². The largest absolute Gasteiger partial charge is 0.376 e. The molecule has 1 fully saturated rings. The van der Waals surface area contributed by atoms with Crippen molar-refractivity contribution >= 4 is 11.9 Å². The quantitative estimate of drug-likeness (QED) is 0.811. The van der Waals surface area contributed by atoms with Crippen molar-refractivity contribution < 1.29 is 4.74 Å². The van der Waals surface area contributed by atoms with E-state index >= 15 is 0 Å². The molecule has 100 valence electrons. The molecule has 0 spiro atoms. The van der Waals surface area contributed by atoms with Crippen LogP contribution >= 0.6 is 0 Å². The van der Waals surface area contributed by atoms with Crippen LogP contribution in [0.1, 0.15) is 12.8 Å². The van der Waals surface area contributed by atoms with Crippen LogP contribution < -0.4 is 11.1 Å². The van der Waals surface area contributed by atoms with E-state index in [1.54, 1.807) is 18.5 Å². The molecule has 0 bridgehead atoms. The van der Waals surface area contributed by atoms with Gasteiger partial charge in [-0.05, 0) is 18.9 Å². The Hall–Kier alpha value is -2.22. The number of ether oxygens (including phenoxy) is 1.